The average molecular weight is 318 g/mol. The van der Waals surface area contributed by atoms with Gasteiger partial charge < -0.3 is 10.1 Å². The number of methoxy groups -OCH3 is 1. The molecule has 0 spiro atoms. The predicted molar refractivity (Wildman–Crippen MR) is 81.6 cm³/mol. The van der Waals surface area contributed by atoms with Gasteiger partial charge in [0.15, 0.2) is 5.82 Å². The number of anilines is 1. The van der Waals surface area contributed by atoms with Gasteiger partial charge in [0.2, 0.25) is 0 Å². The fraction of sp³-hybridized carbons (Fsp3) is 0.0769. The lowest BCUT2D eigenvalue weighted by Crippen LogP contribution is -2.10. The Morgan fingerprint density at radius 2 is 2.23 bits per heavy atom. The predicted octanol–water partition coefficient (Wildman–Crippen LogP) is 2.79. The molecule has 0 saturated carbocycles. The number of amides is 1. The highest BCUT2D eigenvalue weighted by Gasteiger charge is 2.17. The highest BCUT2D eigenvalue weighted by Crippen LogP contribution is 2.27. The molecule has 3 aromatic rings. The number of benzene rings is 1. The molecule has 22 heavy (non-hydrogen) atoms. The van der Waals surface area contributed by atoms with Crippen molar-refractivity contribution in [2.75, 3.05) is 12.4 Å². The van der Waals surface area contributed by atoms with Crippen molar-refractivity contribution in [1.82, 2.24) is 10.2 Å². The minimum absolute atomic E-state index is 0.0845. The van der Waals surface area contributed by atoms with E-state index in [1.807, 2.05) is 0 Å². The van der Waals surface area contributed by atoms with E-state index in [0.29, 0.717) is 17.0 Å². The van der Waals surface area contributed by atoms with Crippen LogP contribution in [0.1, 0.15) is 9.67 Å². The number of hydrogen-bond acceptors (Lipinski definition) is 6. The van der Waals surface area contributed by atoms with Crippen molar-refractivity contribution in [3.8, 4) is 5.75 Å². The van der Waals surface area contributed by atoms with Gasteiger partial charge in [-0.2, -0.15) is 5.10 Å². The lowest BCUT2D eigenvalue weighted by Gasteiger charge is -2.01. The molecular weight excluding hydrogens is 308 g/mol. The van der Waals surface area contributed by atoms with Crippen LogP contribution in [0.2, 0.25) is 0 Å². The summed E-state index contributed by atoms with van der Waals surface area (Å²) in [5.74, 6) is 0.528. The van der Waals surface area contributed by atoms with Crippen LogP contribution < -0.4 is 10.1 Å². The maximum atomic E-state index is 12.1. The number of thiophene rings is 1. The van der Waals surface area contributed by atoms with Crippen molar-refractivity contribution in [3.63, 3.8) is 0 Å². The third-order valence-corrected chi connectivity index (χ3v) is 4.03. The van der Waals surface area contributed by atoms with Gasteiger partial charge in [0.1, 0.15) is 5.75 Å². The smallest absolute Gasteiger partial charge is 0.324 e. The molecular formula is C13H10N4O4S. The lowest BCUT2D eigenvalue weighted by atomic mass is 10.2. The van der Waals surface area contributed by atoms with Gasteiger partial charge in [-0.25, -0.2) is 0 Å². The molecule has 8 nitrogen and oxygen atoms in total. The van der Waals surface area contributed by atoms with Crippen LogP contribution in [0.5, 0.6) is 5.75 Å². The molecule has 1 aromatic carbocycles. The van der Waals surface area contributed by atoms with Crippen molar-refractivity contribution < 1.29 is 14.5 Å². The van der Waals surface area contributed by atoms with Gasteiger partial charge >= 0.3 is 5.00 Å². The first-order valence-corrected chi connectivity index (χ1v) is 6.98. The highest BCUT2D eigenvalue weighted by molar-refractivity contribution is 7.17. The topological polar surface area (TPSA) is 110 Å². The standard InChI is InChI=1S/C13H10N4O4S/c1-21-7-2-3-9-8(6-7)12(16-15-9)14-13(18)10-4-5-11(22-10)17(19)20/h2-6H,1H3,(H2,14,15,16,18). The molecule has 0 bridgehead atoms. The molecule has 2 heterocycles. The first-order valence-electron chi connectivity index (χ1n) is 6.16. The van der Waals surface area contributed by atoms with E-state index in [0.717, 1.165) is 16.9 Å². The first kappa shape index (κ1) is 14.0. The number of aromatic nitrogens is 2. The van der Waals surface area contributed by atoms with Crippen LogP contribution in [0.3, 0.4) is 0 Å². The van der Waals surface area contributed by atoms with Gasteiger partial charge in [0.05, 0.1) is 22.4 Å². The minimum atomic E-state index is -0.531. The summed E-state index contributed by atoms with van der Waals surface area (Å²) in [6, 6.07) is 8.01. The van der Waals surface area contributed by atoms with E-state index in [-0.39, 0.29) is 9.88 Å². The number of nitro groups is 1. The van der Waals surface area contributed by atoms with Gasteiger partial charge in [0.25, 0.3) is 5.91 Å². The molecule has 0 aliphatic carbocycles. The maximum absolute atomic E-state index is 12.1. The summed E-state index contributed by atoms with van der Waals surface area (Å²) in [5, 5.41) is 20.7. The average Bonchev–Trinajstić information content (AvgIpc) is 3.14. The number of nitrogens with one attached hydrogen (secondary N) is 2. The van der Waals surface area contributed by atoms with Gasteiger partial charge in [-0.15, -0.1) is 0 Å². The summed E-state index contributed by atoms with van der Waals surface area (Å²) in [4.78, 5) is 22.5. The Kier molecular flexibility index (Phi) is 3.47. The molecule has 0 fully saturated rings. The zero-order valence-electron chi connectivity index (χ0n) is 11.3. The van der Waals surface area contributed by atoms with Gasteiger partial charge in [-0.3, -0.25) is 20.0 Å². The molecule has 2 aromatic heterocycles. The Hall–Kier alpha value is -2.94. The zero-order valence-corrected chi connectivity index (χ0v) is 12.1. The van der Waals surface area contributed by atoms with Crippen LogP contribution in [0.15, 0.2) is 30.3 Å². The fourth-order valence-corrected chi connectivity index (χ4v) is 2.65. The zero-order chi connectivity index (χ0) is 15.7. The van der Waals surface area contributed by atoms with E-state index in [2.05, 4.69) is 15.5 Å². The highest BCUT2D eigenvalue weighted by atomic mass is 32.1. The summed E-state index contributed by atoms with van der Waals surface area (Å²) >= 11 is 0.810. The van der Waals surface area contributed by atoms with Crippen molar-refractivity contribution in [1.29, 1.82) is 0 Å². The van der Waals surface area contributed by atoms with Crippen LogP contribution in [-0.2, 0) is 0 Å². The molecule has 2 N–H and O–H groups in total. The SMILES string of the molecule is COc1ccc2[nH]nc(NC(=O)c3ccc([N+](=O)[O-])s3)c2c1. The normalized spacial score (nSPS) is 10.6. The number of carbonyl (C=O) groups is 1. The maximum Gasteiger partial charge on any atom is 0.324 e. The second-order valence-corrected chi connectivity index (χ2v) is 5.40. The van der Waals surface area contributed by atoms with E-state index >= 15 is 0 Å². The van der Waals surface area contributed by atoms with Crippen LogP contribution in [-0.4, -0.2) is 28.1 Å². The number of ether oxygens (including phenoxy) is 1. The van der Waals surface area contributed by atoms with Crippen molar-refractivity contribution in [2.24, 2.45) is 0 Å². The molecule has 0 aliphatic heterocycles. The van der Waals surface area contributed by atoms with E-state index in [1.54, 1.807) is 25.3 Å². The molecule has 9 heteroatoms. The molecule has 0 saturated heterocycles. The number of rotatable bonds is 4. The van der Waals surface area contributed by atoms with Crippen LogP contribution >= 0.6 is 11.3 Å². The lowest BCUT2D eigenvalue weighted by molar-refractivity contribution is -0.380. The van der Waals surface area contributed by atoms with Crippen molar-refractivity contribution >= 4 is 39.0 Å². The Balaban J connectivity index is 1.88. The third-order valence-electron chi connectivity index (χ3n) is 3.00. The van der Waals surface area contributed by atoms with Gasteiger partial charge in [0, 0.05) is 11.5 Å². The third kappa shape index (κ3) is 2.49. The van der Waals surface area contributed by atoms with E-state index in [1.165, 1.54) is 12.1 Å². The van der Waals surface area contributed by atoms with Crippen LogP contribution in [0, 0.1) is 10.1 Å². The van der Waals surface area contributed by atoms with Crippen LogP contribution in [0.4, 0.5) is 10.8 Å². The number of nitrogens with zero attached hydrogens (tertiary/aromatic N) is 2. The summed E-state index contributed by atoms with van der Waals surface area (Å²) in [7, 11) is 1.55. The Labute approximate surface area is 127 Å². The van der Waals surface area contributed by atoms with Crippen molar-refractivity contribution in [3.05, 3.63) is 45.3 Å². The molecule has 1 amide bonds. The number of hydrogen-bond donors (Lipinski definition) is 2. The summed E-state index contributed by atoms with van der Waals surface area (Å²) in [6.07, 6.45) is 0. The van der Waals surface area contributed by atoms with Crippen molar-refractivity contribution in [2.45, 2.75) is 0 Å². The summed E-state index contributed by atoms with van der Waals surface area (Å²) in [5.41, 5.74) is 0.744. The number of fused-ring (bicyclic) bond motifs is 1. The Morgan fingerprint density at radius 1 is 1.41 bits per heavy atom. The molecule has 112 valence electrons. The minimum Gasteiger partial charge on any atom is -0.497 e. The molecule has 0 unspecified atom stereocenters. The van der Waals surface area contributed by atoms with E-state index < -0.39 is 10.8 Å². The largest absolute Gasteiger partial charge is 0.497 e. The molecule has 0 aliphatic rings. The Bertz CT molecular complexity index is 870. The number of carbonyl (C=O) groups excluding carboxylic acids is 1. The summed E-state index contributed by atoms with van der Waals surface area (Å²) < 4.78 is 5.14. The monoisotopic (exact) mass is 318 g/mol. The quantitative estimate of drug-likeness (QED) is 0.567. The molecule has 0 atom stereocenters. The van der Waals surface area contributed by atoms with Gasteiger partial charge in [-0.05, 0) is 24.3 Å². The fourth-order valence-electron chi connectivity index (χ4n) is 1.93. The number of H-pyrrole nitrogens is 1. The van der Waals surface area contributed by atoms with Crippen LogP contribution in [0.25, 0.3) is 10.9 Å². The van der Waals surface area contributed by atoms with E-state index in [4.69, 9.17) is 4.74 Å². The Morgan fingerprint density at radius 3 is 2.91 bits per heavy atom. The first-order chi connectivity index (χ1) is 10.6. The molecule has 0 radical (unpaired) electrons. The molecule has 3 rings (SSSR count). The van der Waals surface area contributed by atoms with Gasteiger partial charge in [-0.1, -0.05) is 11.3 Å². The summed E-state index contributed by atoms with van der Waals surface area (Å²) in [6.45, 7) is 0. The second-order valence-electron chi connectivity index (χ2n) is 4.33. The number of aromatic amines is 1. The second kappa shape index (κ2) is 5.45. The van der Waals surface area contributed by atoms with E-state index in [9.17, 15) is 14.9 Å².